The van der Waals surface area contributed by atoms with Crippen LogP contribution in [0, 0.1) is 0 Å². The zero-order valence-corrected chi connectivity index (χ0v) is 8.77. The molecule has 1 aromatic carbocycles. The van der Waals surface area contributed by atoms with Crippen LogP contribution in [0.3, 0.4) is 0 Å². The maximum absolute atomic E-state index is 11.4. The van der Waals surface area contributed by atoms with Crippen molar-refractivity contribution < 1.29 is 9.53 Å². The Morgan fingerprint density at radius 2 is 2.07 bits per heavy atom. The van der Waals surface area contributed by atoms with E-state index in [2.05, 4.69) is 6.58 Å². The Bertz CT molecular complexity index is 363. The zero-order chi connectivity index (χ0) is 11.1. The Morgan fingerprint density at radius 3 is 2.67 bits per heavy atom. The molecule has 0 radical (unpaired) electrons. The molecule has 0 saturated carbocycles. The first-order valence-electron chi connectivity index (χ1n) is 4.83. The lowest BCUT2D eigenvalue weighted by atomic mass is 10.2. The molecular formula is C13H14O2. The van der Waals surface area contributed by atoms with Gasteiger partial charge in [0, 0.05) is 0 Å². The number of ketones is 1. The Labute approximate surface area is 89.9 Å². The normalized spacial score (nSPS) is 10.2. The number of allylic oxidation sites excluding steroid dienone is 1. The van der Waals surface area contributed by atoms with Gasteiger partial charge in [-0.25, -0.2) is 0 Å². The number of ether oxygens (including phenoxy) is 1. The maximum atomic E-state index is 11.4. The lowest BCUT2D eigenvalue weighted by Gasteiger charge is -2.01. The molecule has 1 rings (SSSR count). The molecule has 0 N–H and O–H groups in total. The standard InChI is InChI=1S/C13H14O2/c1-3-15-11(2)13(14)10-9-12-7-5-4-6-8-12/h4-10H,2-3H2,1H3/b10-9+. The summed E-state index contributed by atoms with van der Waals surface area (Å²) in [5, 5.41) is 0. The summed E-state index contributed by atoms with van der Waals surface area (Å²) in [6.45, 7) is 5.81. The third-order valence-corrected chi connectivity index (χ3v) is 1.82. The summed E-state index contributed by atoms with van der Waals surface area (Å²) < 4.78 is 5.00. The lowest BCUT2D eigenvalue weighted by molar-refractivity contribution is -0.114. The van der Waals surface area contributed by atoms with Crippen LogP contribution in [0.15, 0.2) is 48.7 Å². The van der Waals surface area contributed by atoms with E-state index in [0.717, 1.165) is 5.56 Å². The zero-order valence-electron chi connectivity index (χ0n) is 8.77. The smallest absolute Gasteiger partial charge is 0.219 e. The molecule has 0 amide bonds. The fourth-order valence-corrected chi connectivity index (χ4v) is 1.07. The van der Waals surface area contributed by atoms with E-state index in [0.29, 0.717) is 6.61 Å². The number of hydrogen-bond acceptors (Lipinski definition) is 2. The second kappa shape index (κ2) is 5.81. The first-order chi connectivity index (χ1) is 7.24. The van der Waals surface area contributed by atoms with Crippen LogP contribution in [0.25, 0.3) is 6.08 Å². The Hall–Kier alpha value is -1.83. The first kappa shape index (κ1) is 11.2. The van der Waals surface area contributed by atoms with E-state index in [1.54, 1.807) is 6.08 Å². The monoisotopic (exact) mass is 202 g/mol. The minimum Gasteiger partial charge on any atom is -0.490 e. The summed E-state index contributed by atoms with van der Waals surface area (Å²) in [6.07, 6.45) is 3.21. The lowest BCUT2D eigenvalue weighted by Crippen LogP contribution is -2.01. The highest BCUT2D eigenvalue weighted by molar-refractivity contribution is 6.04. The quantitative estimate of drug-likeness (QED) is 0.542. The third-order valence-electron chi connectivity index (χ3n) is 1.82. The molecule has 1 aromatic rings. The molecule has 2 nitrogen and oxygen atoms in total. The van der Waals surface area contributed by atoms with Gasteiger partial charge in [0.2, 0.25) is 5.78 Å². The minimum atomic E-state index is -0.194. The molecule has 2 heteroatoms. The number of carbonyl (C=O) groups is 1. The molecule has 0 bridgehead atoms. The van der Waals surface area contributed by atoms with Gasteiger partial charge in [-0.05, 0) is 18.6 Å². The molecule has 15 heavy (non-hydrogen) atoms. The van der Waals surface area contributed by atoms with Gasteiger partial charge in [-0.3, -0.25) is 4.79 Å². The predicted molar refractivity (Wildman–Crippen MR) is 61.2 cm³/mol. The molecule has 0 spiro atoms. The average Bonchev–Trinajstić information content (AvgIpc) is 2.27. The van der Waals surface area contributed by atoms with Crippen molar-refractivity contribution in [3.05, 3.63) is 54.3 Å². The average molecular weight is 202 g/mol. The SMILES string of the molecule is C=C(OCC)C(=O)/C=C/c1ccccc1. The number of carbonyl (C=O) groups excluding carboxylic acids is 1. The second-order valence-electron chi connectivity index (χ2n) is 2.96. The highest BCUT2D eigenvalue weighted by Crippen LogP contribution is 2.03. The van der Waals surface area contributed by atoms with Crippen LogP contribution < -0.4 is 0 Å². The van der Waals surface area contributed by atoms with Crippen LogP contribution in [-0.4, -0.2) is 12.4 Å². The van der Waals surface area contributed by atoms with E-state index in [9.17, 15) is 4.79 Å². The summed E-state index contributed by atoms with van der Waals surface area (Å²) in [4.78, 5) is 11.4. The Morgan fingerprint density at radius 1 is 1.40 bits per heavy atom. The molecule has 78 valence electrons. The number of rotatable bonds is 5. The van der Waals surface area contributed by atoms with Crippen LogP contribution >= 0.6 is 0 Å². The van der Waals surface area contributed by atoms with Crippen LogP contribution in [-0.2, 0) is 9.53 Å². The molecule has 0 atom stereocenters. The summed E-state index contributed by atoms with van der Waals surface area (Å²) in [7, 11) is 0. The van der Waals surface area contributed by atoms with Gasteiger partial charge >= 0.3 is 0 Å². The topological polar surface area (TPSA) is 26.3 Å². The molecule has 0 saturated heterocycles. The van der Waals surface area contributed by atoms with Crippen molar-refractivity contribution in [3.63, 3.8) is 0 Å². The fraction of sp³-hybridized carbons (Fsp3) is 0.154. The Kier molecular flexibility index (Phi) is 4.35. The number of benzene rings is 1. The first-order valence-corrected chi connectivity index (χ1v) is 4.83. The fourth-order valence-electron chi connectivity index (χ4n) is 1.07. The van der Waals surface area contributed by atoms with Gasteiger partial charge in [0.1, 0.15) is 0 Å². The van der Waals surface area contributed by atoms with Crippen LogP contribution in [0.5, 0.6) is 0 Å². The van der Waals surface area contributed by atoms with Crippen molar-refractivity contribution in [2.75, 3.05) is 6.61 Å². The van der Waals surface area contributed by atoms with Gasteiger partial charge < -0.3 is 4.74 Å². The van der Waals surface area contributed by atoms with E-state index in [1.807, 2.05) is 37.3 Å². The van der Waals surface area contributed by atoms with Gasteiger partial charge in [0.25, 0.3) is 0 Å². The summed E-state index contributed by atoms with van der Waals surface area (Å²) >= 11 is 0. The van der Waals surface area contributed by atoms with E-state index in [1.165, 1.54) is 6.08 Å². The van der Waals surface area contributed by atoms with E-state index in [4.69, 9.17) is 4.74 Å². The molecule has 0 fully saturated rings. The van der Waals surface area contributed by atoms with Gasteiger partial charge in [-0.2, -0.15) is 0 Å². The van der Waals surface area contributed by atoms with Crippen molar-refractivity contribution in [2.45, 2.75) is 6.92 Å². The molecular weight excluding hydrogens is 188 g/mol. The summed E-state index contributed by atoms with van der Waals surface area (Å²) in [6, 6.07) is 9.61. The maximum Gasteiger partial charge on any atom is 0.219 e. The van der Waals surface area contributed by atoms with Crippen molar-refractivity contribution in [3.8, 4) is 0 Å². The highest BCUT2D eigenvalue weighted by atomic mass is 16.5. The summed E-state index contributed by atoms with van der Waals surface area (Å²) in [5.74, 6) is -0.00890. The molecule has 0 aliphatic carbocycles. The third kappa shape index (κ3) is 3.81. The van der Waals surface area contributed by atoms with Crippen molar-refractivity contribution >= 4 is 11.9 Å². The van der Waals surface area contributed by atoms with Crippen LogP contribution in [0.2, 0.25) is 0 Å². The highest BCUT2D eigenvalue weighted by Gasteiger charge is 2.01. The largest absolute Gasteiger partial charge is 0.490 e. The van der Waals surface area contributed by atoms with E-state index >= 15 is 0 Å². The Balaban J connectivity index is 2.59. The second-order valence-corrected chi connectivity index (χ2v) is 2.96. The van der Waals surface area contributed by atoms with Crippen LogP contribution in [0.1, 0.15) is 12.5 Å². The van der Waals surface area contributed by atoms with E-state index < -0.39 is 0 Å². The molecule has 0 aromatic heterocycles. The molecule has 0 unspecified atom stereocenters. The molecule has 0 heterocycles. The van der Waals surface area contributed by atoms with Gasteiger partial charge in [-0.1, -0.05) is 43.0 Å². The van der Waals surface area contributed by atoms with Gasteiger partial charge in [0.05, 0.1) is 6.61 Å². The molecule has 0 aliphatic heterocycles. The van der Waals surface area contributed by atoms with Crippen molar-refractivity contribution in [2.24, 2.45) is 0 Å². The predicted octanol–water partition coefficient (Wildman–Crippen LogP) is 2.82. The van der Waals surface area contributed by atoms with Crippen molar-refractivity contribution in [1.82, 2.24) is 0 Å². The minimum absolute atomic E-state index is 0.185. The van der Waals surface area contributed by atoms with Crippen LogP contribution in [0.4, 0.5) is 0 Å². The summed E-state index contributed by atoms with van der Waals surface area (Å²) in [5.41, 5.74) is 0.982. The van der Waals surface area contributed by atoms with Gasteiger partial charge in [0.15, 0.2) is 5.76 Å². The van der Waals surface area contributed by atoms with Crippen molar-refractivity contribution in [1.29, 1.82) is 0 Å². The number of hydrogen-bond donors (Lipinski definition) is 0. The molecule has 0 aliphatic rings. The van der Waals surface area contributed by atoms with E-state index in [-0.39, 0.29) is 11.5 Å². The van der Waals surface area contributed by atoms with Gasteiger partial charge in [-0.15, -0.1) is 0 Å².